The van der Waals surface area contributed by atoms with Gasteiger partial charge in [-0.1, -0.05) is 18.2 Å². The van der Waals surface area contributed by atoms with Crippen LogP contribution < -0.4 is 10.2 Å². The standard InChI is InChI=1S/C26H29N5O3/c1-18(20-9-8-19-5-2-3-6-21(19)15-20)28-24(32)17-30-10-12-31(13-11-30)26-22(16-27)29-25(34-26)23-7-4-14-33-23/h4,7-9,14-15,18H,2-3,5-6,10-13,17H2,1H3,(H,28,32)/t18-/m0/s1. The number of furan rings is 1. The minimum Gasteiger partial charge on any atom is -0.459 e. The van der Waals surface area contributed by atoms with Crippen molar-refractivity contribution in [3.63, 3.8) is 0 Å². The molecule has 0 radical (unpaired) electrons. The number of nitriles is 1. The molecule has 5 rings (SSSR count). The molecule has 1 fully saturated rings. The maximum atomic E-state index is 12.7. The molecule has 1 N–H and O–H groups in total. The lowest BCUT2D eigenvalue weighted by atomic mass is 9.89. The summed E-state index contributed by atoms with van der Waals surface area (Å²) in [6.45, 7) is 5.08. The second kappa shape index (κ2) is 9.74. The first-order valence-corrected chi connectivity index (χ1v) is 11.9. The molecule has 0 bridgehead atoms. The van der Waals surface area contributed by atoms with Gasteiger partial charge in [-0.3, -0.25) is 9.69 Å². The van der Waals surface area contributed by atoms with Gasteiger partial charge in [-0.2, -0.15) is 10.2 Å². The molecule has 8 nitrogen and oxygen atoms in total. The van der Waals surface area contributed by atoms with E-state index < -0.39 is 0 Å². The van der Waals surface area contributed by atoms with Gasteiger partial charge < -0.3 is 19.1 Å². The van der Waals surface area contributed by atoms with Crippen LogP contribution in [-0.4, -0.2) is 48.5 Å². The van der Waals surface area contributed by atoms with Crippen LogP contribution >= 0.6 is 0 Å². The zero-order valence-electron chi connectivity index (χ0n) is 19.4. The van der Waals surface area contributed by atoms with E-state index in [9.17, 15) is 10.1 Å². The van der Waals surface area contributed by atoms with Crippen LogP contribution in [0.1, 0.15) is 48.2 Å². The van der Waals surface area contributed by atoms with E-state index in [0.717, 1.165) is 12.8 Å². The molecule has 2 aromatic heterocycles. The third-order valence-corrected chi connectivity index (χ3v) is 6.72. The molecule has 1 amide bonds. The van der Waals surface area contributed by atoms with E-state index in [0.29, 0.717) is 50.3 Å². The van der Waals surface area contributed by atoms with Crippen LogP contribution in [0.5, 0.6) is 0 Å². The molecule has 3 heterocycles. The third kappa shape index (κ3) is 4.70. The summed E-state index contributed by atoms with van der Waals surface area (Å²) in [6, 6.07) is 12.2. The van der Waals surface area contributed by atoms with Crippen molar-refractivity contribution < 1.29 is 13.6 Å². The highest BCUT2D eigenvalue weighted by molar-refractivity contribution is 5.78. The van der Waals surface area contributed by atoms with Gasteiger partial charge in [0, 0.05) is 26.2 Å². The summed E-state index contributed by atoms with van der Waals surface area (Å²) in [5, 5.41) is 12.6. The van der Waals surface area contributed by atoms with E-state index in [4.69, 9.17) is 8.83 Å². The Kier molecular flexibility index (Phi) is 6.37. The highest BCUT2D eigenvalue weighted by Crippen LogP contribution is 2.29. The Bertz CT molecular complexity index is 1190. The van der Waals surface area contributed by atoms with E-state index >= 15 is 0 Å². The van der Waals surface area contributed by atoms with Gasteiger partial charge >= 0.3 is 0 Å². The molecule has 176 valence electrons. The molecule has 1 aromatic carbocycles. The molecule has 2 aliphatic rings. The second-order valence-corrected chi connectivity index (χ2v) is 9.05. The number of nitrogens with one attached hydrogen (secondary N) is 1. The highest BCUT2D eigenvalue weighted by Gasteiger charge is 2.26. The van der Waals surface area contributed by atoms with E-state index in [1.54, 1.807) is 18.4 Å². The van der Waals surface area contributed by atoms with Crippen LogP contribution in [0, 0.1) is 11.3 Å². The van der Waals surface area contributed by atoms with Gasteiger partial charge in [0.05, 0.1) is 18.8 Å². The number of hydrogen-bond donors (Lipinski definition) is 1. The number of aromatic nitrogens is 1. The Labute approximate surface area is 199 Å². The number of rotatable bonds is 6. The number of carbonyl (C=O) groups is 1. The zero-order chi connectivity index (χ0) is 23.5. The van der Waals surface area contributed by atoms with Crippen molar-refractivity contribution in [2.24, 2.45) is 0 Å². The minimum atomic E-state index is -0.0200. The Morgan fingerprint density at radius 3 is 2.71 bits per heavy atom. The van der Waals surface area contributed by atoms with Gasteiger partial charge in [0.25, 0.3) is 5.89 Å². The summed E-state index contributed by atoms with van der Waals surface area (Å²) in [7, 11) is 0. The first kappa shape index (κ1) is 22.2. The van der Waals surface area contributed by atoms with Crippen LogP contribution in [0.4, 0.5) is 5.88 Å². The zero-order valence-corrected chi connectivity index (χ0v) is 19.4. The molecule has 1 saturated heterocycles. The molecular weight excluding hydrogens is 430 g/mol. The number of piperazine rings is 1. The average Bonchev–Trinajstić information content (AvgIpc) is 3.54. The maximum Gasteiger partial charge on any atom is 0.266 e. The Morgan fingerprint density at radius 2 is 1.97 bits per heavy atom. The number of amides is 1. The summed E-state index contributed by atoms with van der Waals surface area (Å²) in [6.07, 6.45) is 6.36. The summed E-state index contributed by atoms with van der Waals surface area (Å²) in [5.74, 6) is 1.27. The topological polar surface area (TPSA) is 98.5 Å². The molecule has 34 heavy (non-hydrogen) atoms. The molecule has 0 saturated carbocycles. The molecular formula is C26H29N5O3. The first-order chi connectivity index (χ1) is 16.6. The normalized spacial score (nSPS) is 17.1. The van der Waals surface area contributed by atoms with Crippen molar-refractivity contribution in [2.75, 3.05) is 37.6 Å². The quantitative estimate of drug-likeness (QED) is 0.600. The number of oxazole rings is 1. The molecule has 3 aromatic rings. The number of anilines is 1. The van der Waals surface area contributed by atoms with Gasteiger partial charge in [0.15, 0.2) is 5.76 Å². The Balaban J connectivity index is 1.15. The average molecular weight is 460 g/mol. The van der Waals surface area contributed by atoms with E-state index in [-0.39, 0.29) is 17.6 Å². The van der Waals surface area contributed by atoms with E-state index in [1.165, 1.54) is 29.5 Å². The van der Waals surface area contributed by atoms with Crippen LogP contribution in [0.3, 0.4) is 0 Å². The Hall–Kier alpha value is -3.57. The van der Waals surface area contributed by atoms with Crippen LogP contribution in [0.25, 0.3) is 11.7 Å². The van der Waals surface area contributed by atoms with Gasteiger partial charge in [-0.15, -0.1) is 0 Å². The predicted octanol–water partition coefficient (Wildman–Crippen LogP) is 3.68. The fraction of sp³-hybridized carbons (Fsp3) is 0.423. The third-order valence-electron chi connectivity index (χ3n) is 6.72. The maximum absolute atomic E-state index is 12.7. The number of benzene rings is 1. The van der Waals surface area contributed by atoms with E-state index in [1.807, 2.05) is 11.8 Å². The molecule has 1 aliphatic carbocycles. The van der Waals surface area contributed by atoms with Crippen molar-refractivity contribution in [3.05, 3.63) is 59.0 Å². The van der Waals surface area contributed by atoms with Gasteiger partial charge in [0.2, 0.25) is 17.5 Å². The minimum absolute atomic E-state index is 0.0200. The second-order valence-electron chi connectivity index (χ2n) is 9.05. The first-order valence-electron chi connectivity index (χ1n) is 11.9. The molecule has 1 atom stereocenters. The van der Waals surface area contributed by atoms with Crippen molar-refractivity contribution in [1.82, 2.24) is 15.2 Å². The van der Waals surface area contributed by atoms with Crippen molar-refractivity contribution in [2.45, 2.75) is 38.6 Å². The fourth-order valence-corrected chi connectivity index (χ4v) is 4.81. The fourth-order valence-electron chi connectivity index (χ4n) is 4.81. The molecule has 1 aliphatic heterocycles. The predicted molar refractivity (Wildman–Crippen MR) is 127 cm³/mol. The molecule has 8 heteroatoms. The van der Waals surface area contributed by atoms with Crippen molar-refractivity contribution in [3.8, 4) is 17.7 Å². The Morgan fingerprint density at radius 1 is 1.18 bits per heavy atom. The smallest absolute Gasteiger partial charge is 0.266 e. The number of carbonyl (C=O) groups excluding carboxylic acids is 1. The number of nitrogens with zero attached hydrogens (tertiary/aromatic N) is 4. The van der Waals surface area contributed by atoms with Crippen molar-refractivity contribution >= 4 is 11.8 Å². The van der Waals surface area contributed by atoms with Gasteiger partial charge in [-0.25, -0.2) is 0 Å². The lowest BCUT2D eigenvalue weighted by Crippen LogP contribution is -2.49. The van der Waals surface area contributed by atoms with Gasteiger partial charge in [0.1, 0.15) is 6.07 Å². The van der Waals surface area contributed by atoms with Crippen LogP contribution in [0.2, 0.25) is 0 Å². The summed E-state index contributed by atoms with van der Waals surface area (Å²) < 4.78 is 11.2. The monoisotopic (exact) mass is 459 g/mol. The van der Waals surface area contributed by atoms with Gasteiger partial charge in [-0.05, 0) is 61.4 Å². The molecule has 0 unspecified atom stereocenters. The number of aryl methyl sites for hydroxylation is 2. The number of fused-ring (bicyclic) bond motifs is 1. The number of hydrogen-bond acceptors (Lipinski definition) is 7. The summed E-state index contributed by atoms with van der Waals surface area (Å²) in [4.78, 5) is 21.1. The van der Waals surface area contributed by atoms with Crippen molar-refractivity contribution in [1.29, 1.82) is 5.26 Å². The van der Waals surface area contributed by atoms with Crippen LogP contribution in [-0.2, 0) is 17.6 Å². The summed E-state index contributed by atoms with van der Waals surface area (Å²) >= 11 is 0. The SMILES string of the molecule is C[C@H](NC(=O)CN1CCN(c2oc(-c3ccco3)nc2C#N)CC1)c1ccc2c(c1)CCCC2. The lowest BCUT2D eigenvalue weighted by Gasteiger charge is -2.34. The largest absolute Gasteiger partial charge is 0.459 e. The van der Waals surface area contributed by atoms with E-state index in [2.05, 4.69) is 39.5 Å². The highest BCUT2D eigenvalue weighted by atomic mass is 16.4. The summed E-state index contributed by atoms with van der Waals surface area (Å²) in [5.41, 5.74) is 4.30. The lowest BCUT2D eigenvalue weighted by molar-refractivity contribution is -0.123. The van der Waals surface area contributed by atoms with Crippen LogP contribution in [0.15, 0.2) is 45.4 Å². The molecule has 0 spiro atoms.